The molecule has 0 fully saturated rings. The summed E-state index contributed by atoms with van der Waals surface area (Å²) in [7, 11) is 0. The number of carboxylic acids is 1. The van der Waals surface area contributed by atoms with Gasteiger partial charge in [0.25, 0.3) is 0 Å². The number of fused-ring (bicyclic) bond motifs is 1. The van der Waals surface area contributed by atoms with E-state index in [9.17, 15) is 9.18 Å². The molecule has 2 N–H and O–H groups in total. The molecule has 0 spiro atoms. The molecule has 0 saturated carbocycles. The van der Waals surface area contributed by atoms with Gasteiger partial charge in [-0.25, -0.2) is 9.18 Å². The quantitative estimate of drug-likeness (QED) is 0.818. The van der Waals surface area contributed by atoms with Gasteiger partial charge in [0.2, 0.25) is 0 Å². The van der Waals surface area contributed by atoms with Gasteiger partial charge in [0.15, 0.2) is 11.5 Å². The number of benzene rings is 1. The topological polar surface area (TPSA) is 53.1 Å². The third kappa shape index (κ3) is 1.56. The van der Waals surface area contributed by atoms with Crippen LogP contribution in [-0.2, 0) is 0 Å². The van der Waals surface area contributed by atoms with Crippen molar-refractivity contribution in [3.8, 4) is 0 Å². The molecule has 0 radical (unpaired) electrons. The Labute approximate surface area is 91.9 Å². The predicted molar refractivity (Wildman–Crippen MR) is 59.3 cm³/mol. The number of hydrogen-bond acceptors (Lipinski definition) is 1. The Bertz CT molecular complexity index is 557. The van der Waals surface area contributed by atoms with Crippen molar-refractivity contribution in [3.63, 3.8) is 0 Å². The number of carbonyl (C=O) groups is 1. The number of nitrogens with one attached hydrogen (secondary N) is 1. The molecule has 0 saturated heterocycles. The van der Waals surface area contributed by atoms with Crippen molar-refractivity contribution < 1.29 is 14.3 Å². The first kappa shape index (κ1) is 10.7. The van der Waals surface area contributed by atoms with Crippen LogP contribution in [0.3, 0.4) is 0 Å². The van der Waals surface area contributed by atoms with Gasteiger partial charge in [-0.1, -0.05) is 19.9 Å². The minimum absolute atomic E-state index is 0.284. The normalized spacial score (nSPS) is 11.2. The van der Waals surface area contributed by atoms with Crippen molar-refractivity contribution in [2.45, 2.75) is 19.8 Å². The smallest absolute Gasteiger partial charge is 0.355 e. The molecule has 0 aliphatic carbocycles. The summed E-state index contributed by atoms with van der Waals surface area (Å²) < 4.78 is 13.7. The monoisotopic (exact) mass is 221 g/mol. The molecule has 0 unspecified atom stereocenters. The zero-order chi connectivity index (χ0) is 11.9. The van der Waals surface area contributed by atoms with Gasteiger partial charge in [0.1, 0.15) is 0 Å². The first-order chi connectivity index (χ1) is 7.50. The lowest BCUT2D eigenvalue weighted by molar-refractivity contribution is 0.0686. The summed E-state index contributed by atoms with van der Waals surface area (Å²) >= 11 is 0. The molecule has 0 amide bonds. The van der Waals surface area contributed by atoms with E-state index in [0.29, 0.717) is 10.9 Å². The zero-order valence-electron chi connectivity index (χ0n) is 9.04. The Morgan fingerprint density at radius 3 is 2.69 bits per heavy atom. The highest BCUT2D eigenvalue weighted by Crippen LogP contribution is 2.25. The van der Waals surface area contributed by atoms with Crippen molar-refractivity contribution in [1.82, 2.24) is 4.98 Å². The van der Waals surface area contributed by atoms with E-state index in [-0.39, 0.29) is 11.6 Å². The average Bonchev–Trinajstić information content (AvgIpc) is 2.56. The molecule has 84 valence electrons. The summed E-state index contributed by atoms with van der Waals surface area (Å²) in [6.45, 7) is 4.01. The van der Waals surface area contributed by atoms with Crippen molar-refractivity contribution in [2.75, 3.05) is 0 Å². The van der Waals surface area contributed by atoms with Gasteiger partial charge in [-0.2, -0.15) is 0 Å². The predicted octanol–water partition coefficient (Wildman–Crippen LogP) is 3.13. The number of halogens is 1. The van der Waals surface area contributed by atoms with E-state index >= 15 is 0 Å². The standard InChI is InChI=1S/C12H12FNO2/c1-6(2)7-3-4-9-8(5-7)10(13)11(14-9)12(15)16/h3-6,14H,1-2H3,(H,15,16). The van der Waals surface area contributed by atoms with E-state index in [2.05, 4.69) is 4.98 Å². The van der Waals surface area contributed by atoms with Gasteiger partial charge in [-0.05, 0) is 23.6 Å². The molecular formula is C12H12FNO2. The van der Waals surface area contributed by atoms with E-state index in [1.54, 1.807) is 12.1 Å². The lowest BCUT2D eigenvalue weighted by atomic mass is 10.0. The van der Waals surface area contributed by atoms with Crippen molar-refractivity contribution in [1.29, 1.82) is 0 Å². The number of aromatic carboxylic acids is 1. The fraction of sp³-hybridized carbons (Fsp3) is 0.250. The van der Waals surface area contributed by atoms with Gasteiger partial charge in [-0.3, -0.25) is 0 Å². The van der Waals surface area contributed by atoms with Crippen LogP contribution in [0, 0.1) is 5.82 Å². The Morgan fingerprint density at radius 1 is 1.44 bits per heavy atom. The third-order valence-electron chi connectivity index (χ3n) is 2.64. The van der Waals surface area contributed by atoms with Crippen molar-refractivity contribution >= 4 is 16.9 Å². The Balaban J connectivity index is 2.69. The van der Waals surface area contributed by atoms with Crippen molar-refractivity contribution in [2.24, 2.45) is 0 Å². The first-order valence-corrected chi connectivity index (χ1v) is 5.05. The molecule has 2 aromatic rings. The van der Waals surface area contributed by atoms with Crippen LogP contribution in [0.5, 0.6) is 0 Å². The Kier molecular flexibility index (Phi) is 2.42. The first-order valence-electron chi connectivity index (χ1n) is 5.05. The van der Waals surface area contributed by atoms with Crippen molar-refractivity contribution in [3.05, 3.63) is 35.3 Å². The van der Waals surface area contributed by atoms with Crippen LogP contribution < -0.4 is 0 Å². The maximum atomic E-state index is 13.7. The van der Waals surface area contributed by atoms with Crippen LogP contribution in [0.25, 0.3) is 10.9 Å². The SMILES string of the molecule is CC(C)c1ccc2[nH]c(C(=O)O)c(F)c2c1. The number of aromatic nitrogens is 1. The lowest BCUT2D eigenvalue weighted by Gasteiger charge is -2.04. The maximum Gasteiger partial charge on any atom is 0.355 e. The summed E-state index contributed by atoms with van der Waals surface area (Å²) in [5.74, 6) is -1.68. The largest absolute Gasteiger partial charge is 0.476 e. The van der Waals surface area contributed by atoms with E-state index in [4.69, 9.17) is 5.11 Å². The third-order valence-corrected chi connectivity index (χ3v) is 2.64. The molecule has 4 heteroatoms. The van der Waals surface area contributed by atoms with Crippen LogP contribution >= 0.6 is 0 Å². The van der Waals surface area contributed by atoms with Gasteiger partial charge in [0, 0.05) is 10.9 Å². The number of carboxylic acid groups (broad SMARTS) is 1. The summed E-state index contributed by atoms with van der Waals surface area (Å²) in [6.07, 6.45) is 0. The van der Waals surface area contributed by atoms with E-state index < -0.39 is 11.8 Å². The number of H-pyrrole nitrogens is 1. The highest BCUT2D eigenvalue weighted by atomic mass is 19.1. The molecule has 1 aromatic heterocycles. The van der Waals surface area contributed by atoms with E-state index in [0.717, 1.165) is 5.56 Å². The summed E-state index contributed by atoms with van der Waals surface area (Å²) in [5, 5.41) is 9.11. The number of aromatic amines is 1. The second kappa shape index (κ2) is 3.63. The van der Waals surface area contributed by atoms with E-state index in [1.807, 2.05) is 19.9 Å². The molecule has 0 aliphatic heterocycles. The lowest BCUT2D eigenvalue weighted by Crippen LogP contribution is -1.98. The zero-order valence-corrected chi connectivity index (χ0v) is 9.04. The van der Waals surface area contributed by atoms with E-state index in [1.165, 1.54) is 0 Å². The van der Waals surface area contributed by atoms with Gasteiger partial charge < -0.3 is 10.1 Å². The fourth-order valence-electron chi connectivity index (χ4n) is 1.68. The molecule has 0 bridgehead atoms. The molecule has 2 rings (SSSR count). The molecule has 16 heavy (non-hydrogen) atoms. The summed E-state index contributed by atoms with van der Waals surface area (Å²) in [6, 6.07) is 5.27. The second-order valence-electron chi connectivity index (χ2n) is 4.08. The van der Waals surface area contributed by atoms with Gasteiger partial charge in [-0.15, -0.1) is 0 Å². The van der Waals surface area contributed by atoms with Crippen LogP contribution in [0.1, 0.15) is 35.8 Å². The summed E-state index contributed by atoms with van der Waals surface area (Å²) in [4.78, 5) is 13.3. The fourth-order valence-corrected chi connectivity index (χ4v) is 1.68. The molecule has 0 aliphatic rings. The number of hydrogen-bond donors (Lipinski definition) is 2. The minimum atomic E-state index is -1.28. The molecular weight excluding hydrogens is 209 g/mol. The highest BCUT2D eigenvalue weighted by Gasteiger charge is 2.17. The van der Waals surface area contributed by atoms with Gasteiger partial charge in [0.05, 0.1) is 0 Å². The Morgan fingerprint density at radius 2 is 2.12 bits per heavy atom. The highest BCUT2D eigenvalue weighted by molar-refractivity contribution is 5.94. The molecule has 0 atom stereocenters. The molecule has 1 heterocycles. The maximum absolute atomic E-state index is 13.7. The average molecular weight is 221 g/mol. The second-order valence-corrected chi connectivity index (χ2v) is 4.08. The summed E-state index contributed by atoms with van der Waals surface area (Å²) in [5.41, 5.74) is 1.12. The van der Waals surface area contributed by atoms with Crippen LogP contribution in [0.4, 0.5) is 4.39 Å². The van der Waals surface area contributed by atoms with Crippen LogP contribution in [0.15, 0.2) is 18.2 Å². The Hall–Kier alpha value is -1.84. The minimum Gasteiger partial charge on any atom is -0.476 e. The van der Waals surface area contributed by atoms with Crippen LogP contribution in [-0.4, -0.2) is 16.1 Å². The molecule has 1 aromatic carbocycles. The van der Waals surface area contributed by atoms with Gasteiger partial charge >= 0.3 is 5.97 Å². The number of rotatable bonds is 2. The van der Waals surface area contributed by atoms with Crippen LogP contribution in [0.2, 0.25) is 0 Å². The molecule has 3 nitrogen and oxygen atoms in total.